The van der Waals surface area contributed by atoms with E-state index in [-0.39, 0.29) is 12.0 Å². The molecule has 2 rings (SSSR count). The number of nitrogens with one attached hydrogen (secondary N) is 1. The third kappa shape index (κ3) is 2.44. The van der Waals surface area contributed by atoms with Crippen molar-refractivity contribution in [3.8, 4) is 0 Å². The highest BCUT2D eigenvalue weighted by molar-refractivity contribution is 5.83. The molecule has 0 bridgehead atoms. The summed E-state index contributed by atoms with van der Waals surface area (Å²) in [5.74, 6) is -2.26. The van der Waals surface area contributed by atoms with E-state index < -0.39 is 29.2 Å². The van der Waals surface area contributed by atoms with Crippen molar-refractivity contribution in [2.24, 2.45) is 0 Å². The number of carbonyl (C=O) groups is 1. The van der Waals surface area contributed by atoms with Crippen molar-refractivity contribution in [2.75, 3.05) is 5.32 Å². The molecule has 1 N–H and O–H groups in total. The van der Waals surface area contributed by atoms with Crippen molar-refractivity contribution in [1.29, 1.82) is 0 Å². The molecule has 0 aliphatic carbocycles. The van der Waals surface area contributed by atoms with E-state index in [1.54, 1.807) is 20.8 Å². The molecule has 0 fully saturated rings. The van der Waals surface area contributed by atoms with Gasteiger partial charge < -0.3 is 10.1 Å². The summed E-state index contributed by atoms with van der Waals surface area (Å²) in [6, 6.07) is 1.81. The smallest absolute Gasteiger partial charge is 0.329 e. The second-order valence-electron chi connectivity index (χ2n) is 5.32. The maximum absolute atomic E-state index is 13.5. The Labute approximate surface area is 104 Å². The van der Waals surface area contributed by atoms with E-state index in [2.05, 4.69) is 5.32 Å². The molecular formula is C13H15F2NO2. The first-order valence-corrected chi connectivity index (χ1v) is 5.74. The molecule has 1 atom stereocenters. The summed E-state index contributed by atoms with van der Waals surface area (Å²) in [5.41, 5.74) is 0.0489. The quantitative estimate of drug-likeness (QED) is 0.784. The molecular weight excluding hydrogens is 240 g/mol. The monoisotopic (exact) mass is 255 g/mol. The number of rotatable bonds is 1. The van der Waals surface area contributed by atoms with E-state index >= 15 is 0 Å². The molecule has 0 saturated heterocycles. The Hall–Kier alpha value is -1.65. The molecule has 0 aromatic heterocycles. The predicted molar refractivity (Wildman–Crippen MR) is 63.3 cm³/mol. The van der Waals surface area contributed by atoms with Crippen molar-refractivity contribution in [3.63, 3.8) is 0 Å². The molecule has 0 amide bonds. The Morgan fingerprint density at radius 3 is 2.67 bits per heavy atom. The van der Waals surface area contributed by atoms with Gasteiger partial charge in [0.05, 0.1) is 0 Å². The topological polar surface area (TPSA) is 38.3 Å². The van der Waals surface area contributed by atoms with Gasteiger partial charge in [-0.1, -0.05) is 0 Å². The van der Waals surface area contributed by atoms with Crippen LogP contribution in [0.2, 0.25) is 0 Å². The maximum Gasteiger partial charge on any atom is 0.329 e. The van der Waals surface area contributed by atoms with Crippen molar-refractivity contribution < 1.29 is 18.3 Å². The first-order valence-electron chi connectivity index (χ1n) is 5.74. The molecule has 1 unspecified atom stereocenters. The number of hydrogen-bond acceptors (Lipinski definition) is 3. The lowest BCUT2D eigenvalue weighted by Crippen LogP contribution is -2.35. The Bertz CT molecular complexity index is 494. The molecule has 18 heavy (non-hydrogen) atoms. The molecule has 1 aromatic rings. The fourth-order valence-electron chi connectivity index (χ4n) is 1.89. The fourth-order valence-corrected chi connectivity index (χ4v) is 1.89. The highest BCUT2D eigenvalue weighted by Gasteiger charge is 2.33. The van der Waals surface area contributed by atoms with Crippen LogP contribution in [0.4, 0.5) is 14.5 Å². The third-order valence-electron chi connectivity index (χ3n) is 2.63. The predicted octanol–water partition coefficient (Wildman–Crippen LogP) is 2.64. The van der Waals surface area contributed by atoms with Gasteiger partial charge in [-0.2, -0.15) is 0 Å². The number of hydrogen-bond donors (Lipinski definition) is 1. The van der Waals surface area contributed by atoms with Gasteiger partial charge in [-0.3, -0.25) is 0 Å². The van der Waals surface area contributed by atoms with Crippen LogP contribution in [0.3, 0.4) is 0 Å². The Balaban J connectivity index is 2.15. The van der Waals surface area contributed by atoms with Crippen molar-refractivity contribution in [2.45, 2.75) is 38.8 Å². The molecule has 1 aliphatic rings. The zero-order chi connectivity index (χ0) is 13.5. The number of fused-ring (bicyclic) bond motifs is 1. The summed E-state index contributed by atoms with van der Waals surface area (Å²) >= 11 is 0. The summed E-state index contributed by atoms with van der Waals surface area (Å²) in [6.45, 7) is 5.27. The Morgan fingerprint density at radius 2 is 2.06 bits per heavy atom. The lowest BCUT2D eigenvalue weighted by Gasteiger charge is -2.22. The summed E-state index contributed by atoms with van der Waals surface area (Å²) < 4.78 is 31.8. The molecule has 3 nitrogen and oxygen atoms in total. The maximum atomic E-state index is 13.5. The summed E-state index contributed by atoms with van der Waals surface area (Å²) in [4.78, 5) is 11.8. The standard InChI is InChI=1S/C13H15F2NO2/c1-13(2,3)18-12(17)10-6-7-9(16-10)5-4-8(14)11(7)15/h4-5,10,16H,6H2,1-3H3. The van der Waals surface area contributed by atoms with Crippen LogP contribution in [-0.2, 0) is 16.0 Å². The van der Waals surface area contributed by atoms with Crippen LogP contribution in [0.1, 0.15) is 26.3 Å². The average molecular weight is 255 g/mol. The minimum atomic E-state index is -0.902. The van der Waals surface area contributed by atoms with Crippen molar-refractivity contribution in [1.82, 2.24) is 0 Å². The molecule has 0 saturated carbocycles. The van der Waals surface area contributed by atoms with Crippen molar-refractivity contribution >= 4 is 11.7 Å². The molecule has 1 heterocycles. The zero-order valence-corrected chi connectivity index (χ0v) is 10.5. The van der Waals surface area contributed by atoms with Crippen LogP contribution in [-0.4, -0.2) is 17.6 Å². The van der Waals surface area contributed by atoms with E-state index in [4.69, 9.17) is 4.74 Å². The van der Waals surface area contributed by atoms with Gasteiger partial charge in [-0.15, -0.1) is 0 Å². The van der Waals surface area contributed by atoms with Crippen LogP contribution >= 0.6 is 0 Å². The minimum absolute atomic E-state index is 0.105. The lowest BCUT2D eigenvalue weighted by molar-refractivity contribution is -0.155. The number of carbonyl (C=O) groups excluding carboxylic acids is 1. The second kappa shape index (κ2) is 4.23. The van der Waals surface area contributed by atoms with Crippen molar-refractivity contribution in [3.05, 3.63) is 29.3 Å². The normalized spacial score (nSPS) is 18.2. The average Bonchev–Trinajstić information content (AvgIpc) is 2.66. The Kier molecular flexibility index (Phi) is 3.00. The molecule has 0 spiro atoms. The Morgan fingerprint density at radius 1 is 1.39 bits per heavy atom. The number of anilines is 1. The van der Waals surface area contributed by atoms with Crippen LogP contribution in [0, 0.1) is 11.6 Å². The number of benzene rings is 1. The van der Waals surface area contributed by atoms with E-state index in [0.717, 1.165) is 6.07 Å². The lowest BCUT2D eigenvalue weighted by atomic mass is 10.1. The zero-order valence-electron chi connectivity index (χ0n) is 10.5. The molecule has 5 heteroatoms. The first kappa shape index (κ1) is 12.8. The number of ether oxygens (including phenoxy) is 1. The van der Waals surface area contributed by atoms with E-state index in [0.29, 0.717) is 5.69 Å². The van der Waals surface area contributed by atoms with E-state index in [1.165, 1.54) is 6.07 Å². The molecule has 98 valence electrons. The van der Waals surface area contributed by atoms with Gasteiger partial charge in [0, 0.05) is 17.7 Å². The minimum Gasteiger partial charge on any atom is -0.458 e. The first-order chi connectivity index (χ1) is 8.28. The fraction of sp³-hybridized carbons (Fsp3) is 0.462. The van der Waals surface area contributed by atoms with Gasteiger partial charge in [-0.05, 0) is 32.9 Å². The van der Waals surface area contributed by atoms with Crippen LogP contribution in [0.25, 0.3) is 0 Å². The summed E-state index contributed by atoms with van der Waals surface area (Å²) in [6.07, 6.45) is 0.105. The van der Waals surface area contributed by atoms with Gasteiger partial charge >= 0.3 is 5.97 Å². The second-order valence-corrected chi connectivity index (χ2v) is 5.32. The summed E-state index contributed by atoms with van der Waals surface area (Å²) in [5, 5.41) is 2.84. The van der Waals surface area contributed by atoms with E-state index in [9.17, 15) is 13.6 Å². The van der Waals surface area contributed by atoms with Crippen LogP contribution < -0.4 is 5.32 Å². The molecule has 1 aromatic carbocycles. The highest BCUT2D eigenvalue weighted by atomic mass is 19.2. The van der Waals surface area contributed by atoms with Crippen LogP contribution in [0.5, 0.6) is 0 Å². The third-order valence-corrected chi connectivity index (χ3v) is 2.63. The van der Waals surface area contributed by atoms with E-state index in [1.807, 2.05) is 0 Å². The summed E-state index contributed by atoms with van der Waals surface area (Å²) in [7, 11) is 0. The van der Waals surface area contributed by atoms with Gasteiger partial charge in [0.25, 0.3) is 0 Å². The van der Waals surface area contributed by atoms with Gasteiger partial charge in [0.1, 0.15) is 11.6 Å². The number of esters is 1. The van der Waals surface area contributed by atoms with Gasteiger partial charge in [0.15, 0.2) is 11.6 Å². The largest absolute Gasteiger partial charge is 0.458 e. The number of halogens is 2. The van der Waals surface area contributed by atoms with Gasteiger partial charge in [0.2, 0.25) is 0 Å². The van der Waals surface area contributed by atoms with Crippen LogP contribution in [0.15, 0.2) is 12.1 Å². The molecule has 1 aliphatic heterocycles. The highest BCUT2D eigenvalue weighted by Crippen LogP contribution is 2.30. The SMILES string of the molecule is CC(C)(C)OC(=O)C1Cc2c(ccc(F)c2F)N1. The van der Waals surface area contributed by atoms with Gasteiger partial charge in [-0.25, -0.2) is 13.6 Å². The molecule has 0 radical (unpaired) electrons.